The monoisotopic (exact) mass is 216 g/mol. The molecule has 2 aliphatic heterocycles. The fraction of sp³-hybridized carbons (Fsp3) is 0.333. The number of nitrogens with one attached hydrogen (secondary N) is 1. The summed E-state index contributed by atoms with van der Waals surface area (Å²) < 4.78 is 0. The lowest BCUT2D eigenvalue weighted by Gasteiger charge is -2.30. The Morgan fingerprint density at radius 1 is 1.00 bits per heavy atom. The number of anilines is 1. The number of carbonyl (C=O) groups is 2. The Labute approximate surface area is 93.2 Å². The van der Waals surface area contributed by atoms with Gasteiger partial charge in [0.25, 0.3) is 11.8 Å². The average Bonchev–Trinajstić information content (AvgIpc) is 2.75. The Balaban J connectivity index is 2.01. The van der Waals surface area contributed by atoms with E-state index in [1.807, 2.05) is 18.2 Å². The van der Waals surface area contributed by atoms with Gasteiger partial charge in [-0.2, -0.15) is 0 Å². The number of nitrogens with zero attached hydrogens (tertiary/aromatic N) is 1. The SMILES string of the molecule is O=C1C2CCC(N2)C(=O)N1c1ccccc1. The number of rotatable bonds is 1. The molecule has 2 aliphatic rings. The van der Waals surface area contributed by atoms with Crippen molar-refractivity contribution in [3.63, 3.8) is 0 Å². The van der Waals surface area contributed by atoms with Crippen LogP contribution in [0.4, 0.5) is 5.69 Å². The molecule has 82 valence electrons. The lowest BCUT2D eigenvalue weighted by Crippen LogP contribution is -2.59. The molecule has 4 heteroatoms. The fourth-order valence-corrected chi connectivity index (χ4v) is 2.38. The molecule has 2 heterocycles. The van der Waals surface area contributed by atoms with Crippen molar-refractivity contribution in [3.05, 3.63) is 30.3 Å². The topological polar surface area (TPSA) is 49.4 Å². The molecule has 2 amide bonds. The Morgan fingerprint density at radius 2 is 1.56 bits per heavy atom. The van der Waals surface area contributed by atoms with E-state index in [2.05, 4.69) is 5.32 Å². The first kappa shape index (κ1) is 9.54. The van der Waals surface area contributed by atoms with Gasteiger partial charge in [-0.15, -0.1) is 0 Å². The summed E-state index contributed by atoms with van der Waals surface area (Å²) in [6.45, 7) is 0. The van der Waals surface area contributed by atoms with Crippen molar-refractivity contribution < 1.29 is 9.59 Å². The first-order valence-corrected chi connectivity index (χ1v) is 5.46. The summed E-state index contributed by atoms with van der Waals surface area (Å²) in [5, 5.41) is 3.05. The number of hydrogen-bond donors (Lipinski definition) is 1. The van der Waals surface area contributed by atoms with E-state index in [4.69, 9.17) is 0 Å². The van der Waals surface area contributed by atoms with Crippen LogP contribution in [0.25, 0.3) is 0 Å². The van der Waals surface area contributed by atoms with Crippen molar-refractivity contribution in [1.29, 1.82) is 0 Å². The van der Waals surface area contributed by atoms with Crippen LogP contribution in [0.5, 0.6) is 0 Å². The van der Waals surface area contributed by atoms with Gasteiger partial charge in [0.05, 0.1) is 17.8 Å². The first-order valence-electron chi connectivity index (χ1n) is 5.46. The third-order valence-electron chi connectivity index (χ3n) is 3.20. The molecule has 0 spiro atoms. The van der Waals surface area contributed by atoms with Crippen molar-refractivity contribution in [2.75, 3.05) is 4.90 Å². The van der Waals surface area contributed by atoms with Crippen LogP contribution in [0.1, 0.15) is 12.8 Å². The molecular formula is C12H12N2O2. The van der Waals surface area contributed by atoms with Gasteiger partial charge in [0.1, 0.15) is 0 Å². The van der Waals surface area contributed by atoms with Crippen LogP contribution in [0.15, 0.2) is 30.3 Å². The molecule has 1 N–H and O–H groups in total. The largest absolute Gasteiger partial charge is 0.295 e. The maximum Gasteiger partial charge on any atom is 0.250 e. The number of carbonyl (C=O) groups excluding carboxylic acids is 2. The molecule has 2 unspecified atom stereocenters. The van der Waals surface area contributed by atoms with Crippen LogP contribution >= 0.6 is 0 Å². The third-order valence-corrected chi connectivity index (χ3v) is 3.20. The first-order chi connectivity index (χ1) is 7.77. The van der Waals surface area contributed by atoms with Gasteiger partial charge in [0, 0.05) is 0 Å². The van der Waals surface area contributed by atoms with E-state index >= 15 is 0 Å². The summed E-state index contributed by atoms with van der Waals surface area (Å²) in [7, 11) is 0. The number of para-hydroxylation sites is 1. The van der Waals surface area contributed by atoms with Gasteiger partial charge in [-0.3, -0.25) is 14.9 Å². The Hall–Kier alpha value is -1.68. The highest BCUT2D eigenvalue weighted by atomic mass is 16.2. The molecule has 0 radical (unpaired) electrons. The van der Waals surface area contributed by atoms with Crippen LogP contribution in [0.2, 0.25) is 0 Å². The van der Waals surface area contributed by atoms with E-state index in [-0.39, 0.29) is 23.9 Å². The van der Waals surface area contributed by atoms with Crippen molar-refractivity contribution in [2.24, 2.45) is 0 Å². The second-order valence-electron chi connectivity index (χ2n) is 4.20. The van der Waals surface area contributed by atoms with Crippen LogP contribution in [0, 0.1) is 0 Å². The summed E-state index contributed by atoms with van der Waals surface area (Å²) >= 11 is 0. The van der Waals surface area contributed by atoms with Gasteiger partial charge < -0.3 is 0 Å². The lowest BCUT2D eigenvalue weighted by molar-refractivity contribution is -0.130. The van der Waals surface area contributed by atoms with Crippen LogP contribution in [-0.2, 0) is 9.59 Å². The fourth-order valence-electron chi connectivity index (χ4n) is 2.38. The predicted molar refractivity (Wildman–Crippen MR) is 58.9 cm³/mol. The number of benzene rings is 1. The quantitative estimate of drug-likeness (QED) is 0.702. The minimum absolute atomic E-state index is 0.120. The molecule has 0 aliphatic carbocycles. The number of hydrogen-bond acceptors (Lipinski definition) is 3. The van der Waals surface area contributed by atoms with Gasteiger partial charge >= 0.3 is 0 Å². The molecule has 0 aromatic heterocycles. The number of fused-ring (bicyclic) bond motifs is 2. The molecule has 2 atom stereocenters. The number of imide groups is 1. The summed E-state index contributed by atoms with van der Waals surface area (Å²) in [4.78, 5) is 25.4. The molecule has 1 aromatic rings. The Bertz CT molecular complexity index is 422. The molecule has 0 saturated carbocycles. The van der Waals surface area contributed by atoms with E-state index in [9.17, 15) is 9.59 Å². The highest BCUT2D eigenvalue weighted by Gasteiger charge is 2.45. The average molecular weight is 216 g/mol. The molecule has 3 rings (SSSR count). The molecule has 4 nitrogen and oxygen atoms in total. The molecule has 1 aromatic carbocycles. The van der Waals surface area contributed by atoms with Crippen molar-refractivity contribution in [2.45, 2.75) is 24.9 Å². The van der Waals surface area contributed by atoms with Crippen LogP contribution in [0.3, 0.4) is 0 Å². The number of piperazine rings is 1. The van der Waals surface area contributed by atoms with E-state index in [0.717, 1.165) is 12.8 Å². The van der Waals surface area contributed by atoms with E-state index < -0.39 is 0 Å². The number of amides is 2. The normalized spacial score (nSPS) is 28.6. The summed E-state index contributed by atoms with van der Waals surface area (Å²) in [5.41, 5.74) is 0.677. The lowest BCUT2D eigenvalue weighted by atomic mass is 10.2. The minimum atomic E-state index is -0.178. The molecule has 2 bridgehead atoms. The Morgan fingerprint density at radius 3 is 2.12 bits per heavy atom. The standard InChI is InChI=1S/C12H12N2O2/c15-11-9-6-7-10(13-9)12(16)14(11)8-4-2-1-3-5-8/h1-5,9-10,13H,6-7H2. The molecule has 2 fully saturated rings. The van der Waals surface area contributed by atoms with Crippen molar-refractivity contribution in [3.8, 4) is 0 Å². The maximum atomic E-state index is 12.0. The smallest absolute Gasteiger partial charge is 0.250 e. The predicted octanol–water partition coefficient (Wildman–Crippen LogP) is 0.680. The van der Waals surface area contributed by atoms with E-state index in [1.54, 1.807) is 12.1 Å². The Kier molecular flexibility index (Phi) is 2.04. The highest BCUT2D eigenvalue weighted by molar-refractivity contribution is 6.20. The summed E-state index contributed by atoms with van der Waals surface area (Å²) in [6, 6.07) is 8.77. The molecule has 2 saturated heterocycles. The van der Waals surface area contributed by atoms with Crippen molar-refractivity contribution in [1.82, 2.24) is 5.32 Å². The van der Waals surface area contributed by atoms with Crippen molar-refractivity contribution >= 4 is 17.5 Å². The summed E-state index contributed by atoms with van der Waals surface area (Å²) in [5.74, 6) is -0.241. The van der Waals surface area contributed by atoms with Gasteiger partial charge in [-0.25, -0.2) is 4.90 Å². The third kappa shape index (κ3) is 1.27. The second-order valence-corrected chi connectivity index (χ2v) is 4.20. The highest BCUT2D eigenvalue weighted by Crippen LogP contribution is 2.26. The van der Waals surface area contributed by atoms with Gasteiger partial charge in [-0.1, -0.05) is 18.2 Å². The molecular weight excluding hydrogens is 204 g/mol. The summed E-state index contributed by atoms with van der Waals surface area (Å²) in [6.07, 6.45) is 1.52. The van der Waals surface area contributed by atoms with E-state index in [1.165, 1.54) is 4.90 Å². The zero-order valence-electron chi connectivity index (χ0n) is 8.72. The van der Waals surface area contributed by atoms with E-state index in [0.29, 0.717) is 5.69 Å². The minimum Gasteiger partial charge on any atom is -0.295 e. The van der Waals surface area contributed by atoms with Gasteiger partial charge in [0.2, 0.25) is 0 Å². The van der Waals surface area contributed by atoms with Crippen LogP contribution in [-0.4, -0.2) is 23.9 Å². The zero-order chi connectivity index (χ0) is 11.1. The molecule has 16 heavy (non-hydrogen) atoms. The van der Waals surface area contributed by atoms with Crippen LogP contribution < -0.4 is 10.2 Å². The zero-order valence-corrected chi connectivity index (χ0v) is 8.72. The van der Waals surface area contributed by atoms with Gasteiger partial charge in [-0.05, 0) is 25.0 Å². The van der Waals surface area contributed by atoms with Gasteiger partial charge in [0.15, 0.2) is 0 Å². The maximum absolute atomic E-state index is 12.0. The second kappa shape index (κ2) is 3.42.